The van der Waals surface area contributed by atoms with E-state index in [2.05, 4.69) is 15.3 Å². The summed E-state index contributed by atoms with van der Waals surface area (Å²) in [5.74, 6) is -0.0761. The summed E-state index contributed by atoms with van der Waals surface area (Å²) >= 11 is 0. The Hall–Kier alpha value is -1.89. The van der Waals surface area contributed by atoms with Gasteiger partial charge in [-0.2, -0.15) is 4.98 Å². The fraction of sp³-hybridized carbons (Fsp3) is 0.615. The number of carboxylic acids is 1. The van der Waals surface area contributed by atoms with Gasteiger partial charge in [-0.15, -0.1) is 0 Å². The van der Waals surface area contributed by atoms with Gasteiger partial charge in [-0.1, -0.05) is 6.92 Å². The van der Waals surface area contributed by atoms with Gasteiger partial charge in [-0.05, 0) is 13.3 Å². The van der Waals surface area contributed by atoms with Crippen LogP contribution in [-0.4, -0.2) is 46.9 Å². The Morgan fingerprint density at radius 1 is 1.70 bits per heavy atom. The third kappa shape index (κ3) is 2.98. The van der Waals surface area contributed by atoms with E-state index in [0.717, 1.165) is 6.42 Å². The molecule has 2 atom stereocenters. The number of aliphatic carboxylic acids is 1. The highest BCUT2D eigenvalue weighted by Gasteiger charge is 2.47. The van der Waals surface area contributed by atoms with Crippen LogP contribution in [-0.2, 0) is 9.53 Å². The van der Waals surface area contributed by atoms with Gasteiger partial charge in [-0.25, -0.2) is 4.98 Å². The summed E-state index contributed by atoms with van der Waals surface area (Å²) < 4.78 is 10.7. The van der Waals surface area contributed by atoms with Crippen molar-refractivity contribution in [1.82, 2.24) is 9.97 Å². The molecule has 2 heterocycles. The number of nitrogens with one attached hydrogen (secondary N) is 1. The van der Waals surface area contributed by atoms with E-state index in [1.165, 1.54) is 0 Å². The molecule has 1 aliphatic heterocycles. The first-order chi connectivity index (χ1) is 9.56. The Labute approximate surface area is 117 Å². The quantitative estimate of drug-likeness (QED) is 0.808. The van der Waals surface area contributed by atoms with Gasteiger partial charge in [0.05, 0.1) is 25.9 Å². The lowest BCUT2D eigenvalue weighted by atomic mass is 9.85. The largest absolute Gasteiger partial charge is 0.481 e. The molecule has 20 heavy (non-hydrogen) atoms. The van der Waals surface area contributed by atoms with E-state index in [0.29, 0.717) is 25.0 Å². The van der Waals surface area contributed by atoms with Crippen LogP contribution < -0.4 is 10.1 Å². The number of aromatic nitrogens is 2. The maximum Gasteiger partial charge on any atom is 0.313 e. The standard InChI is InChI=1S/C13H19N3O4/c1-3-6-20-10-4-5-14-12(16-10)15-9-7-19-8-13(9,2)11(17)18/h4-5,9H,3,6-8H2,1-2H3,(H,17,18)(H,14,15,16). The van der Waals surface area contributed by atoms with E-state index in [4.69, 9.17) is 9.47 Å². The van der Waals surface area contributed by atoms with Crippen LogP contribution in [0.2, 0.25) is 0 Å². The average molecular weight is 281 g/mol. The third-order valence-corrected chi connectivity index (χ3v) is 3.33. The molecule has 0 amide bonds. The Kier molecular flexibility index (Phi) is 4.39. The van der Waals surface area contributed by atoms with Crippen molar-refractivity contribution in [2.24, 2.45) is 5.41 Å². The molecule has 0 bridgehead atoms. The van der Waals surface area contributed by atoms with E-state index < -0.39 is 11.4 Å². The summed E-state index contributed by atoms with van der Waals surface area (Å²) in [5, 5.41) is 12.3. The Morgan fingerprint density at radius 2 is 2.50 bits per heavy atom. The zero-order valence-electron chi connectivity index (χ0n) is 11.6. The van der Waals surface area contributed by atoms with E-state index in [1.54, 1.807) is 19.2 Å². The molecule has 0 spiro atoms. The predicted octanol–water partition coefficient (Wildman–Crippen LogP) is 1.17. The molecule has 1 aromatic heterocycles. The second kappa shape index (κ2) is 6.04. The van der Waals surface area contributed by atoms with E-state index in [-0.39, 0.29) is 12.6 Å². The molecule has 0 radical (unpaired) electrons. The lowest BCUT2D eigenvalue weighted by molar-refractivity contribution is -0.148. The smallest absolute Gasteiger partial charge is 0.313 e. The van der Waals surface area contributed by atoms with Crippen molar-refractivity contribution in [3.63, 3.8) is 0 Å². The lowest BCUT2D eigenvalue weighted by Crippen LogP contribution is -2.43. The first-order valence-corrected chi connectivity index (χ1v) is 6.60. The molecule has 0 aromatic carbocycles. The molecule has 2 unspecified atom stereocenters. The van der Waals surface area contributed by atoms with Crippen molar-refractivity contribution in [3.05, 3.63) is 12.3 Å². The van der Waals surface area contributed by atoms with Gasteiger partial charge in [0.2, 0.25) is 11.8 Å². The zero-order valence-corrected chi connectivity index (χ0v) is 11.6. The number of hydrogen-bond acceptors (Lipinski definition) is 6. The summed E-state index contributed by atoms with van der Waals surface area (Å²) in [6.45, 7) is 4.72. The molecule has 1 saturated heterocycles. The van der Waals surface area contributed by atoms with E-state index >= 15 is 0 Å². The predicted molar refractivity (Wildman–Crippen MR) is 71.8 cm³/mol. The topological polar surface area (TPSA) is 93.6 Å². The van der Waals surface area contributed by atoms with Crippen molar-refractivity contribution in [2.45, 2.75) is 26.3 Å². The van der Waals surface area contributed by atoms with Crippen molar-refractivity contribution < 1.29 is 19.4 Å². The maximum atomic E-state index is 11.3. The normalized spacial score (nSPS) is 25.4. The average Bonchev–Trinajstić information content (AvgIpc) is 2.80. The molecule has 1 aliphatic rings. The van der Waals surface area contributed by atoms with Gasteiger partial charge in [0.1, 0.15) is 5.41 Å². The van der Waals surface area contributed by atoms with E-state index in [1.807, 2.05) is 6.92 Å². The van der Waals surface area contributed by atoms with Gasteiger partial charge in [0.15, 0.2) is 0 Å². The molecule has 110 valence electrons. The van der Waals surface area contributed by atoms with Gasteiger partial charge >= 0.3 is 5.97 Å². The number of nitrogens with zero attached hydrogens (tertiary/aromatic N) is 2. The third-order valence-electron chi connectivity index (χ3n) is 3.33. The summed E-state index contributed by atoms with van der Waals surface area (Å²) in [5.41, 5.74) is -0.982. The van der Waals surface area contributed by atoms with Crippen LogP contribution in [0.4, 0.5) is 5.95 Å². The molecule has 2 rings (SSSR count). The maximum absolute atomic E-state index is 11.3. The fourth-order valence-electron chi connectivity index (χ4n) is 1.94. The Morgan fingerprint density at radius 3 is 3.20 bits per heavy atom. The minimum Gasteiger partial charge on any atom is -0.481 e. The molecule has 1 aromatic rings. The summed E-state index contributed by atoms with van der Waals surface area (Å²) in [7, 11) is 0. The number of hydrogen-bond donors (Lipinski definition) is 2. The first-order valence-electron chi connectivity index (χ1n) is 6.60. The van der Waals surface area contributed by atoms with E-state index in [9.17, 15) is 9.90 Å². The minimum atomic E-state index is -0.982. The second-order valence-corrected chi connectivity index (χ2v) is 5.00. The number of carboxylic acid groups (broad SMARTS) is 1. The molecular weight excluding hydrogens is 262 g/mol. The summed E-state index contributed by atoms with van der Waals surface area (Å²) in [6, 6.07) is 1.30. The molecular formula is C13H19N3O4. The highest BCUT2D eigenvalue weighted by atomic mass is 16.5. The number of rotatable bonds is 6. The number of carbonyl (C=O) groups is 1. The molecule has 0 aliphatic carbocycles. The highest BCUT2D eigenvalue weighted by molar-refractivity contribution is 5.76. The fourth-order valence-corrected chi connectivity index (χ4v) is 1.94. The monoisotopic (exact) mass is 281 g/mol. The van der Waals surface area contributed by atoms with Crippen molar-refractivity contribution >= 4 is 11.9 Å². The van der Waals surface area contributed by atoms with Gasteiger partial charge in [0.25, 0.3) is 0 Å². The highest BCUT2D eigenvalue weighted by Crippen LogP contribution is 2.30. The van der Waals surface area contributed by atoms with Crippen LogP contribution in [0.3, 0.4) is 0 Å². The van der Waals surface area contributed by atoms with Crippen LogP contribution in [0.1, 0.15) is 20.3 Å². The van der Waals surface area contributed by atoms with Crippen LogP contribution in [0.25, 0.3) is 0 Å². The van der Waals surface area contributed by atoms with Crippen molar-refractivity contribution in [2.75, 3.05) is 25.1 Å². The first kappa shape index (κ1) is 14.5. The van der Waals surface area contributed by atoms with Gasteiger partial charge in [-0.3, -0.25) is 4.79 Å². The Bertz CT molecular complexity index is 482. The molecule has 1 fully saturated rings. The molecule has 7 heteroatoms. The zero-order chi connectivity index (χ0) is 14.6. The SMILES string of the molecule is CCCOc1ccnc(NC2COCC2(C)C(=O)O)n1. The molecule has 0 saturated carbocycles. The minimum absolute atomic E-state index is 0.173. The molecule has 2 N–H and O–H groups in total. The van der Waals surface area contributed by atoms with Crippen LogP contribution >= 0.6 is 0 Å². The Balaban J connectivity index is 2.07. The second-order valence-electron chi connectivity index (χ2n) is 5.00. The van der Waals surface area contributed by atoms with Gasteiger partial charge < -0.3 is 19.9 Å². The van der Waals surface area contributed by atoms with Crippen LogP contribution in [0.15, 0.2) is 12.3 Å². The van der Waals surface area contributed by atoms with Gasteiger partial charge in [0, 0.05) is 12.3 Å². The van der Waals surface area contributed by atoms with Crippen LogP contribution in [0.5, 0.6) is 5.88 Å². The summed E-state index contributed by atoms with van der Waals surface area (Å²) in [4.78, 5) is 19.6. The molecule has 7 nitrogen and oxygen atoms in total. The lowest BCUT2D eigenvalue weighted by Gasteiger charge is -2.25. The van der Waals surface area contributed by atoms with Crippen LogP contribution in [0, 0.1) is 5.41 Å². The van der Waals surface area contributed by atoms with Crippen molar-refractivity contribution in [1.29, 1.82) is 0 Å². The summed E-state index contributed by atoms with van der Waals surface area (Å²) in [6.07, 6.45) is 2.47. The number of ether oxygens (including phenoxy) is 2. The van der Waals surface area contributed by atoms with Crippen molar-refractivity contribution in [3.8, 4) is 5.88 Å². The number of anilines is 1.